The second-order valence-electron chi connectivity index (χ2n) is 7.17. The number of carbonyl (C=O) groups excluding carboxylic acids is 1. The number of anilines is 3. The molecule has 0 bridgehead atoms. The highest BCUT2D eigenvalue weighted by molar-refractivity contribution is 7.92. The number of piperidine rings is 1. The molecule has 1 fully saturated rings. The normalized spacial score (nSPS) is 15.4. The maximum absolute atomic E-state index is 12.7. The maximum Gasteiger partial charge on any atom is 0.229 e. The van der Waals surface area contributed by atoms with Crippen LogP contribution in [-0.4, -0.2) is 38.7 Å². The molecule has 0 aliphatic carbocycles. The highest BCUT2D eigenvalue weighted by atomic mass is 32.2. The second-order valence-corrected chi connectivity index (χ2v) is 9.93. The van der Waals surface area contributed by atoms with Crippen LogP contribution in [0.3, 0.4) is 0 Å². The lowest BCUT2D eigenvalue weighted by Crippen LogP contribution is -2.38. The topological polar surface area (TPSA) is 91.4 Å². The third-order valence-electron chi connectivity index (χ3n) is 4.85. The van der Waals surface area contributed by atoms with Gasteiger partial charge in [-0.3, -0.25) is 9.52 Å². The first-order valence-corrected chi connectivity index (χ1v) is 12.1. The zero-order valence-corrected chi connectivity index (χ0v) is 17.6. The minimum Gasteiger partial charge on any atom is -0.348 e. The Morgan fingerprint density at radius 3 is 2.55 bits per heavy atom. The van der Waals surface area contributed by atoms with Crippen molar-refractivity contribution in [3.63, 3.8) is 0 Å². The molecule has 1 aliphatic heterocycles. The standard InChI is InChI=1S/C20H22N4O3S2/c1-29(26,27)23-16-6-4-5-15(13-16)21-19(25)14-9-11-24(12-10-14)20-22-17-7-2-3-8-18(17)28-20/h2-8,13-14,23H,9-12H2,1H3,(H,21,25). The third kappa shape index (κ3) is 4.86. The van der Waals surface area contributed by atoms with Crippen LogP contribution in [-0.2, 0) is 14.8 Å². The van der Waals surface area contributed by atoms with Crippen LogP contribution < -0.4 is 14.9 Å². The van der Waals surface area contributed by atoms with Gasteiger partial charge in [-0.1, -0.05) is 29.5 Å². The fourth-order valence-electron chi connectivity index (χ4n) is 3.45. The molecule has 1 aliphatic rings. The molecule has 9 heteroatoms. The average Bonchev–Trinajstić information content (AvgIpc) is 3.11. The van der Waals surface area contributed by atoms with Crippen molar-refractivity contribution in [2.45, 2.75) is 12.8 Å². The van der Waals surface area contributed by atoms with Crippen molar-refractivity contribution < 1.29 is 13.2 Å². The van der Waals surface area contributed by atoms with Crippen molar-refractivity contribution in [1.29, 1.82) is 0 Å². The van der Waals surface area contributed by atoms with Crippen molar-refractivity contribution >= 4 is 54.0 Å². The summed E-state index contributed by atoms with van der Waals surface area (Å²) in [6, 6.07) is 14.8. The zero-order chi connectivity index (χ0) is 20.4. The van der Waals surface area contributed by atoms with Gasteiger partial charge in [0.05, 0.1) is 22.2 Å². The van der Waals surface area contributed by atoms with Crippen molar-refractivity contribution in [2.24, 2.45) is 5.92 Å². The summed E-state index contributed by atoms with van der Waals surface area (Å²) in [4.78, 5) is 19.6. The molecule has 0 atom stereocenters. The Morgan fingerprint density at radius 2 is 1.83 bits per heavy atom. The van der Waals surface area contributed by atoms with E-state index in [2.05, 4.69) is 21.0 Å². The smallest absolute Gasteiger partial charge is 0.229 e. The number of nitrogens with one attached hydrogen (secondary N) is 2. The van der Waals surface area contributed by atoms with Gasteiger partial charge >= 0.3 is 0 Å². The quantitative estimate of drug-likeness (QED) is 0.646. The molecule has 2 aromatic carbocycles. The molecule has 3 aromatic rings. The summed E-state index contributed by atoms with van der Waals surface area (Å²) < 4.78 is 26.3. The van der Waals surface area contributed by atoms with Gasteiger partial charge in [0.1, 0.15) is 0 Å². The molecular formula is C20H22N4O3S2. The van der Waals surface area contributed by atoms with Gasteiger partial charge in [-0.2, -0.15) is 0 Å². The van der Waals surface area contributed by atoms with Gasteiger partial charge in [0, 0.05) is 24.7 Å². The van der Waals surface area contributed by atoms with Crippen LogP contribution in [0, 0.1) is 5.92 Å². The van der Waals surface area contributed by atoms with Gasteiger partial charge in [0.15, 0.2) is 5.13 Å². The van der Waals surface area contributed by atoms with Crippen LogP contribution in [0.25, 0.3) is 10.2 Å². The Hall–Kier alpha value is -2.65. The van der Waals surface area contributed by atoms with Gasteiger partial charge in [-0.15, -0.1) is 0 Å². The van der Waals surface area contributed by atoms with Gasteiger partial charge in [0.2, 0.25) is 15.9 Å². The Balaban J connectivity index is 1.36. The van der Waals surface area contributed by atoms with E-state index in [9.17, 15) is 13.2 Å². The summed E-state index contributed by atoms with van der Waals surface area (Å²) in [5.41, 5.74) is 2.02. The number of para-hydroxylation sites is 1. The van der Waals surface area contributed by atoms with Crippen molar-refractivity contribution in [3.8, 4) is 0 Å². The van der Waals surface area contributed by atoms with Crippen molar-refractivity contribution in [2.75, 3.05) is 34.3 Å². The molecule has 0 radical (unpaired) electrons. The lowest BCUT2D eigenvalue weighted by molar-refractivity contribution is -0.120. The van der Waals surface area contributed by atoms with Crippen LogP contribution in [0.4, 0.5) is 16.5 Å². The molecule has 0 spiro atoms. The Bertz CT molecular complexity index is 1100. The van der Waals surface area contributed by atoms with Crippen LogP contribution >= 0.6 is 11.3 Å². The van der Waals surface area contributed by atoms with Gasteiger partial charge in [0.25, 0.3) is 0 Å². The number of benzene rings is 2. The van der Waals surface area contributed by atoms with E-state index < -0.39 is 10.0 Å². The number of sulfonamides is 1. The molecule has 29 heavy (non-hydrogen) atoms. The molecule has 2 N–H and O–H groups in total. The molecular weight excluding hydrogens is 408 g/mol. The fraction of sp³-hybridized carbons (Fsp3) is 0.300. The summed E-state index contributed by atoms with van der Waals surface area (Å²) in [7, 11) is -3.36. The Kier molecular flexibility index (Phi) is 5.42. The first kappa shape index (κ1) is 19.7. The van der Waals surface area contributed by atoms with E-state index in [1.807, 2.05) is 18.2 Å². The first-order chi connectivity index (χ1) is 13.9. The predicted octanol–water partition coefficient (Wildman–Crippen LogP) is 3.52. The lowest BCUT2D eigenvalue weighted by Gasteiger charge is -2.31. The monoisotopic (exact) mass is 430 g/mol. The number of amides is 1. The largest absolute Gasteiger partial charge is 0.348 e. The van der Waals surface area contributed by atoms with E-state index in [0.717, 1.165) is 42.8 Å². The highest BCUT2D eigenvalue weighted by Gasteiger charge is 2.26. The van der Waals surface area contributed by atoms with Crippen LogP contribution in [0.1, 0.15) is 12.8 Å². The lowest BCUT2D eigenvalue weighted by atomic mass is 9.96. The molecule has 4 rings (SSSR count). The molecule has 1 aromatic heterocycles. The number of carbonyl (C=O) groups is 1. The Labute approximate surface area is 173 Å². The van der Waals surface area contributed by atoms with E-state index >= 15 is 0 Å². The van der Waals surface area contributed by atoms with Gasteiger partial charge in [-0.25, -0.2) is 13.4 Å². The number of hydrogen-bond donors (Lipinski definition) is 2. The van der Waals surface area contributed by atoms with E-state index in [0.29, 0.717) is 11.4 Å². The highest BCUT2D eigenvalue weighted by Crippen LogP contribution is 2.31. The van der Waals surface area contributed by atoms with Crippen LogP contribution in [0.2, 0.25) is 0 Å². The van der Waals surface area contributed by atoms with Gasteiger partial charge in [-0.05, 0) is 43.2 Å². The van der Waals surface area contributed by atoms with E-state index in [-0.39, 0.29) is 11.8 Å². The van der Waals surface area contributed by atoms with Crippen molar-refractivity contribution in [3.05, 3.63) is 48.5 Å². The summed E-state index contributed by atoms with van der Waals surface area (Å²) in [6.45, 7) is 1.57. The molecule has 7 nitrogen and oxygen atoms in total. The van der Waals surface area contributed by atoms with E-state index in [4.69, 9.17) is 4.98 Å². The summed E-state index contributed by atoms with van der Waals surface area (Å²) >= 11 is 1.68. The number of nitrogens with zero attached hydrogens (tertiary/aromatic N) is 2. The van der Waals surface area contributed by atoms with E-state index in [1.165, 1.54) is 4.70 Å². The van der Waals surface area contributed by atoms with Crippen LogP contribution in [0.5, 0.6) is 0 Å². The number of fused-ring (bicyclic) bond motifs is 1. The zero-order valence-electron chi connectivity index (χ0n) is 16.0. The SMILES string of the molecule is CS(=O)(=O)Nc1cccc(NC(=O)C2CCN(c3nc4ccccc4s3)CC2)c1. The van der Waals surface area contributed by atoms with Crippen molar-refractivity contribution in [1.82, 2.24) is 4.98 Å². The number of aromatic nitrogens is 1. The first-order valence-electron chi connectivity index (χ1n) is 9.37. The molecule has 0 saturated carbocycles. The number of thiazole rings is 1. The third-order valence-corrected chi connectivity index (χ3v) is 6.56. The summed E-state index contributed by atoms with van der Waals surface area (Å²) in [6.07, 6.45) is 2.60. The fourth-order valence-corrected chi connectivity index (χ4v) is 5.02. The molecule has 0 unspecified atom stereocenters. The predicted molar refractivity (Wildman–Crippen MR) is 118 cm³/mol. The Morgan fingerprint density at radius 1 is 1.10 bits per heavy atom. The molecule has 2 heterocycles. The minimum atomic E-state index is -3.36. The molecule has 1 saturated heterocycles. The van der Waals surface area contributed by atoms with Crippen LogP contribution in [0.15, 0.2) is 48.5 Å². The summed E-state index contributed by atoms with van der Waals surface area (Å²) in [5, 5.41) is 3.91. The molecule has 152 valence electrons. The summed E-state index contributed by atoms with van der Waals surface area (Å²) in [5.74, 6) is -0.113. The molecule has 1 amide bonds. The minimum absolute atomic E-state index is 0.0366. The number of rotatable bonds is 5. The number of hydrogen-bond acceptors (Lipinski definition) is 6. The second kappa shape index (κ2) is 8.00. The average molecular weight is 431 g/mol. The van der Waals surface area contributed by atoms with Gasteiger partial charge < -0.3 is 10.2 Å². The maximum atomic E-state index is 12.7. The van der Waals surface area contributed by atoms with E-state index in [1.54, 1.807) is 35.6 Å².